The normalized spacial score (nSPS) is 16.9. The van der Waals surface area contributed by atoms with Gasteiger partial charge in [-0.25, -0.2) is 14.2 Å². The van der Waals surface area contributed by atoms with Crippen LogP contribution in [0, 0.1) is 11.7 Å². The molecule has 1 aliphatic heterocycles. The average Bonchev–Trinajstić information content (AvgIpc) is 3.10. The van der Waals surface area contributed by atoms with Crippen molar-refractivity contribution in [1.29, 1.82) is 0 Å². The van der Waals surface area contributed by atoms with Gasteiger partial charge < -0.3 is 19.5 Å². The molecule has 6 nitrogen and oxygen atoms in total. The Balaban J connectivity index is 1.53. The molecule has 3 aromatic rings. The third-order valence-electron chi connectivity index (χ3n) is 5.60. The first-order valence-corrected chi connectivity index (χ1v) is 11.2. The van der Waals surface area contributed by atoms with Crippen molar-refractivity contribution in [1.82, 2.24) is 14.9 Å². The highest BCUT2D eigenvalue weighted by Gasteiger charge is 2.26. The Kier molecular flexibility index (Phi) is 6.35. The quantitative estimate of drug-likeness (QED) is 0.611. The molecule has 0 saturated carbocycles. The molecule has 1 fully saturated rings. The molecule has 1 aromatic heterocycles. The maximum atomic E-state index is 13.8. The number of para-hydroxylation sites is 2. The smallest absolute Gasteiger partial charge is 0.407 e. The Hall–Kier alpha value is -3.09. The Labute approximate surface area is 188 Å². The molecule has 1 saturated heterocycles. The van der Waals surface area contributed by atoms with Crippen molar-refractivity contribution in [2.24, 2.45) is 5.92 Å². The van der Waals surface area contributed by atoms with E-state index in [-0.39, 0.29) is 11.9 Å². The van der Waals surface area contributed by atoms with Gasteiger partial charge in [0.25, 0.3) is 0 Å². The monoisotopic (exact) mass is 438 g/mol. The Morgan fingerprint density at radius 1 is 1.22 bits per heavy atom. The summed E-state index contributed by atoms with van der Waals surface area (Å²) in [5.74, 6) is 0.954. The lowest BCUT2D eigenvalue weighted by Gasteiger charge is -2.34. The number of aromatic nitrogens is 2. The summed E-state index contributed by atoms with van der Waals surface area (Å²) in [6, 6.07) is 14.7. The van der Waals surface area contributed by atoms with E-state index in [1.54, 1.807) is 12.1 Å². The Morgan fingerprint density at radius 2 is 2.03 bits per heavy atom. The maximum absolute atomic E-state index is 13.8. The van der Waals surface area contributed by atoms with Crippen LogP contribution in [-0.4, -0.2) is 40.9 Å². The largest absolute Gasteiger partial charge is 0.444 e. The van der Waals surface area contributed by atoms with Gasteiger partial charge in [0.2, 0.25) is 5.95 Å². The van der Waals surface area contributed by atoms with E-state index < -0.39 is 5.60 Å². The molecule has 0 aliphatic carbocycles. The molecule has 0 radical (unpaired) electrons. The number of carbonyl (C=O) groups excluding carboxylic acids is 1. The van der Waals surface area contributed by atoms with Gasteiger partial charge in [0.1, 0.15) is 11.4 Å². The van der Waals surface area contributed by atoms with Gasteiger partial charge in [0.05, 0.1) is 17.6 Å². The molecule has 1 atom stereocenters. The molecule has 32 heavy (non-hydrogen) atoms. The molecule has 7 heteroatoms. The summed E-state index contributed by atoms with van der Waals surface area (Å²) in [6.07, 6.45) is 1.67. The number of rotatable bonds is 5. The zero-order chi connectivity index (χ0) is 22.7. The zero-order valence-corrected chi connectivity index (χ0v) is 19.0. The highest BCUT2D eigenvalue weighted by atomic mass is 19.1. The molecular weight excluding hydrogens is 407 g/mol. The summed E-state index contributed by atoms with van der Waals surface area (Å²) < 4.78 is 21.3. The Morgan fingerprint density at radius 3 is 2.81 bits per heavy atom. The molecule has 170 valence electrons. The summed E-state index contributed by atoms with van der Waals surface area (Å²) in [5.41, 5.74) is 2.34. The van der Waals surface area contributed by atoms with Crippen LogP contribution < -0.4 is 10.2 Å². The van der Waals surface area contributed by atoms with E-state index in [4.69, 9.17) is 9.72 Å². The van der Waals surface area contributed by atoms with Crippen molar-refractivity contribution in [3.05, 3.63) is 59.9 Å². The van der Waals surface area contributed by atoms with Crippen molar-refractivity contribution in [3.8, 4) is 0 Å². The van der Waals surface area contributed by atoms with Crippen molar-refractivity contribution in [2.75, 3.05) is 24.5 Å². The lowest BCUT2D eigenvalue weighted by atomic mass is 9.98. The van der Waals surface area contributed by atoms with E-state index in [2.05, 4.69) is 20.9 Å². The van der Waals surface area contributed by atoms with E-state index in [1.165, 1.54) is 6.07 Å². The molecule has 0 bridgehead atoms. The van der Waals surface area contributed by atoms with Gasteiger partial charge in [-0.15, -0.1) is 0 Å². The molecule has 1 amide bonds. The van der Waals surface area contributed by atoms with E-state index in [9.17, 15) is 9.18 Å². The van der Waals surface area contributed by atoms with Crippen molar-refractivity contribution < 1.29 is 13.9 Å². The highest BCUT2D eigenvalue weighted by molar-refractivity contribution is 5.79. The number of carbonyl (C=O) groups is 1. The number of halogens is 1. The van der Waals surface area contributed by atoms with Crippen molar-refractivity contribution >= 4 is 23.1 Å². The van der Waals surface area contributed by atoms with Crippen molar-refractivity contribution in [3.63, 3.8) is 0 Å². The average molecular weight is 439 g/mol. The molecule has 1 aliphatic rings. The van der Waals surface area contributed by atoms with Crippen LogP contribution in [0.5, 0.6) is 0 Å². The number of benzene rings is 2. The second-order valence-corrected chi connectivity index (χ2v) is 9.45. The van der Waals surface area contributed by atoms with Crippen LogP contribution in [0.3, 0.4) is 0 Å². The number of anilines is 1. The van der Waals surface area contributed by atoms with Gasteiger partial charge in [-0.1, -0.05) is 24.3 Å². The number of piperidine rings is 1. The molecule has 2 heterocycles. The summed E-state index contributed by atoms with van der Waals surface area (Å²) in [5, 5.41) is 2.91. The molecular formula is C25H31FN4O2. The minimum atomic E-state index is -0.509. The summed E-state index contributed by atoms with van der Waals surface area (Å²) in [4.78, 5) is 19.3. The number of alkyl carbamates (subject to hydrolysis) is 1. The first-order valence-electron chi connectivity index (χ1n) is 11.2. The van der Waals surface area contributed by atoms with E-state index in [0.717, 1.165) is 48.5 Å². The molecule has 4 rings (SSSR count). The lowest BCUT2D eigenvalue weighted by molar-refractivity contribution is 0.0517. The topological polar surface area (TPSA) is 59.4 Å². The summed E-state index contributed by atoms with van der Waals surface area (Å²) in [6.45, 7) is 8.38. The van der Waals surface area contributed by atoms with Gasteiger partial charge >= 0.3 is 6.09 Å². The van der Waals surface area contributed by atoms with Crippen LogP contribution in [0.15, 0.2) is 48.5 Å². The predicted molar refractivity (Wildman–Crippen MR) is 124 cm³/mol. The molecule has 0 spiro atoms. The lowest BCUT2D eigenvalue weighted by Crippen LogP contribution is -2.43. The summed E-state index contributed by atoms with van der Waals surface area (Å²) >= 11 is 0. The van der Waals surface area contributed by atoms with Crippen LogP contribution in [0.25, 0.3) is 11.0 Å². The van der Waals surface area contributed by atoms with E-state index in [0.29, 0.717) is 19.0 Å². The zero-order valence-electron chi connectivity index (χ0n) is 19.0. The van der Waals surface area contributed by atoms with E-state index >= 15 is 0 Å². The fourth-order valence-electron chi connectivity index (χ4n) is 4.23. The van der Waals surface area contributed by atoms with Gasteiger partial charge in [-0.3, -0.25) is 0 Å². The van der Waals surface area contributed by atoms with Crippen LogP contribution in [0.1, 0.15) is 39.2 Å². The Bertz CT molecular complexity index is 1090. The SMILES string of the molecule is CC(C)(C)OC(=O)NC[C@H]1CCCN(c2nc3ccccc3n2Cc2cccc(F)c2)C1. The number of nitrogens with one attached hydrogen (secondary N) is 1. The van der Waals surface area contributed by atoms with Gasteiger partial charge in [0.15, 0.2) is 0 Å². The van der Waals surface area contributed by atoms with Gasteiger partial charge in [-0.05, 0) is 69.4 Å². The first-order chi connectivity index (χ1) is 15.3. The second-order valence-electron chi connectivity index (χ2n) is 9.45. The minimum Gasteiger partial charge on any atom is -0.444 e. The standard InChI is InChI=1S/C25H31FN4O2/c1-25(2,3)32-24(31)27-15-19-9-7-13-29(16-19)23-28-21-11-4-5-12-22(21)30(23)17-18-8-6-10-20(26)14-18/h4-6,8,10-12,14,19H,7,9,13,15-17H2,1-3H3,(H,27,31)/t19-/m1/s1. The maximum Gasteiger partial charge on any atom is 0.407 e. The molecule has 2 aromatic carbocycles. The van der Waals surface area contributed by atoms with Crippen LogP contribution >= 0.6 is 0 Å². The number of nitrogens with zero attached hydrogens (tertiary/aromatic N) is 3. The highest BCUT2D eigenvalue weighted by Crippen LogP contribution is 2.28. The van der Waals surface area contributed by atoms with Crippen LogP contribution in [0.4, 0.5) is 15.1 Å². The van der Waals surface area contributed by atoms with Gasteiger partial charge in [-0.2, -0.15) is 0 Å². The fourth-order valence-corrected chi connectivity index (χ4v) is 4.23. The third kappa shape index (κ3) is 5.39. The number of hydrogen-bond acceptors (Lipinski definition) is 4. The molecule has 0 unspecified atom stereocenters. The third-order valence-corrected chi connectivity index (χ3v) is 5.60. The first kappa shape index (κ1) is 22.1. The molecule has 1 N–H and O–H groups in total. The number of amides is 1. The van der Waals surface area contributed by atoms with Crippen LogP contribution in [0.2, 0.25) is 0 Å². The van der Waals surface area contributed by atoms with Gasteiger partial charge in [0, 0.05) is 19.6 Å². The van der Waals surface area contributed by atoms with E-state index in [1.807, 2.05) is 45.0 Å². The number of imidazole rings is 1. The second kappa shape index (κ2) is 9.18. The number of hydrogen-bond donors (Lipinski definition) is 1. The fraction of sp³-hybridized carbons (Fsp3) is 0.440. The number of ether oxygens (including phenoxy) is 1. The predicted octanol–water partition coefficient (Wildman–Crippen LogP) is 4.96. The summed E-state index contributed by atoms with van der Waals surface area (Å²) in [7, 11) is 0. The minimum absolute atomic E-state index is 0.236. The van der Waals surface area contributed by atoms with Crippen LogP contribution in [-0.2, 0) is 11.3 Å². The number of fused-ring (bicyclic) bond motifs is 1. The van der Waals surface area contributed by atoms with Crippen molar-refractivity contribution in [2.45, 2.75) is 45.8 Å².